The summed E-state index contributed by atoms with van der Waals surface area (Å²) in [6.45, 7) is 3.90. The molecule has 0 unspecified atom stereocenters. The number of fused-ring (bicyclic) bond motifs is 1. The summed E-state index contributed by atoms with van der Waals surface area (Å²) >= 11 is 0. The molecule has 92 valence electrons. The Hall–Kier alpha value is -1.55. The van der Waals surface area contributed by atoms with Crippen LogP contribution in [0.15, 0.2) is 24.3 Å². The summed E-state index contributed by atoms with van der Waals surface area (Å²) in [5.74, 6) is 0.764. The molecular weight excluding hydrogens is 218 g/mol. The van der Waals surface area contributed by atoms with Crippen molar-refractivity contribution in [3.63, 3.8) is 0 Å². The van der Waals surface area contributed by atoms with Gasteiger partial charge in [-0.3, -0.25) is 4.79 Å². The van der Waals surface area contributed by atoms with Crippen LogP contribution in [0, 0.1) is 0 Å². The van der Waals surface area contributed by atoms with Crippen LogP contribution in [0.5, 0.6) is 5.75 Å². The number of carbonyl (C=O) groups excluding carboxylic acids is 1. The number of ether oxygens (including phenoxy) is 2. The second kappa shape index (κ2) is 5.68. The smallest absolute Gasteiger partial charge is 0.253 e. The van der Waals surface area contributed by atoms with Crippen molar-refractivity contribution < 1.29 is 14.3 Å². The molecule has 1 aromatic carbocycles. The van der Waals surface area contributed by atoms with Crippen molar-refractivity contribution in [2.75, 3.05) is 31.3 Å². The SMILES string of the molecule is CCOCC(=O)N1CCCOc2ccccc21. The van der Waals surface area contributed by atoms with Gasteiger partial charge < -0.3 is 14.4 Å². The number of para-hydroxylation sites is 2. The fourth-order valence-corrected chi connectivity index (χ4v) is 1.85. The van der Waals surface area contributed by atoms with Gasteiger partial charge in [-0.05, 0) is 25.5 Å². The van der Waals surface area contributed by atoms with Crippen LogP contribution < -0.4 is 9.64 Å². The summed E-state index contributed by atoms with van der Waals surface area (Å²) in [6.07, 6.45) is 0.840. The molecule has 17 heavy (non-hydrogen) atoms. The number of anilines is 1. The predicted molar refractivity (Wildman–Crippen MR) is 65.4 cm³/mol. The minimum atomic E-state index is -0.00944. The molecule has 0 fully saturated rings. The van der Waals surface area contributed by atoms with Crippen LogP contribution in [-0.4, -0.2) is 32.3 Å². The van der Waals surface area contributed by atoms with E-state index in [0.717, 1.165) is 17.9 Å². The third kappa shape index (κ3) is 2.77. The van der Waals surface area contributed by atoms with Gasteiger partial charge in [-0.2, -0.15) is 0 Å². The molecule has 4 nitrogen and oxygen atoms in total. The number of benzene rings is 1. The van der Waals surface area contributed by atoms with Gasteiger partial charge in [0.15, 0.2) is 0 Å². The van der Waals surface area contributed by atoms with Gasteiger partial charge in [0.2, 0.25) is 0 Å². The van der Waals surface area contributed by atoms with E-state index in [4.69, 9.17) is 9.47 Å². The largest absolute Gasteiger partial charge is 0.491 e. The molecule has 0 aromatic heterocycles. The maximum Gasteiger partial charge on any atom is 0.253 e. The van der Waals surface area contributed by atoms with E-state index in [1.165, 1.54) is 0 Å². The Kier molecular flexibility index (Phi) is 3.98. The van der Waals surface area contributed by atoms with Gasteiger partial charge in [-0.15, -0.1) is 0 Å². The number of nitrogens with zero attached hydrogens (tertiary/aromatic N) is 1. The maximum absolute atomic E-state index is 12.0. The first-order valence-corrected chi connectivity index (χ1v) is 5.93. The van der Waals surface area contributed by atoms with Gasteiger partial charge >= 0.3 is 0 Å². The fourth-order valence-electron chi connectivity index (χ4n) is 1.85. The van der Waals surface area contributed by atoms with Crippen LogP contribution in [0.2, 0.25) is 0 Å². The normalized spacial score (nSPS) is 14.8. The molecule has 1 aliphatic heterocycles. The predicted octanol–water partition coefficient (Wildman–Crippen LogP) is 1.84. The number of carbonyl (C=O) groups is 1. The first kappa shape index (κ1) is 11.9. The second-order valence-corrected chi connectivity index (χ2v) is 3.85. The topological polar surface area (TPSA) is 38.8 Å². The highest BCUT2D eigenvalue weighted by atomic mass is 16.5. The van der Waals surface area contributed by atoms with Crippen molar-refractivity contribution in [1.82, 2.24) is 0 Å². The number of hydrogen-bond acceptors (Lipinski definition) is 3. The molecule has 0 aliphatic carbocycles. The Morgan fingerprint density at radius 3 is 3.12 bits per heavy atom. The van der Waals surface area contributed by atoms with Gasteiger partial charge in [0.25, 0.3) is 5.91 Å². The summed E-state index contributed by atoms with van der Waals surface area (Å²) in [4.78, 5) is 13.8. The van der Waals surface area contributed by atoms with E-state index in [1.54, 1.807) is 4.90 Å². The summed E-state index contributed by atoms with van der Waals surface area (Å²) in [7, 11) is 0. The molecular formula is C13H17NO3. The Balaban J connectivity index is 2.19. The lowest BCUT2D eigenvalue weighted by Gasteiger charge is -2.21. The minimum absolute atomic E-state index is 0.00944. The van der Waals surface area contributed by atoms with E-state index in [0.29, 0.717) is 19.8 Å². The molecule has 0 spiro atoms. The Labute approximate surface area is 101 Å². The zero-order valence-electron chi connectivity index (χ0n) is 10.0. The lowest BCUT2D eigenvalue weighted by molar-refractivity contribution is -0.122. The van der Waals surface area contributed by atoms with Gasteiger partial charge in [0, 0.05) is 13.2 Å². The molecule has 1 aromatic rings. The molecule has 0 bridgehead atoms. The number of hydrogen-bond donors (Lipinski definition) is 0. The molecule has 0 radical (unpaired) electrons. The molecule has 0 atom stereocenters. The molecule has 1 aliphatic rings. The molecule has 0 N–H and O–H groups in total. The van der Waals surface area contributed by atoms with Crippen LogP contribution in [0.3, 0.4) is 0 Å². The van der Waals surface area contributed by atoms with Crippen LogP contribution >= 0.6 is 0 Å². The first-order valence-electron chi connectivity index (χ1n) is 5.93. The fraction of sp³-hybridized carbons (Fsp3) is 0.462. The summed E-state index contributed by atoms with van der Waals surface area (Å²) in [5.41, 5.74) is 0.842. The van der Waals surface area contributed by atoms with Crippen LogP contribution in [0.1, 0.15) is 13.3 Å². The van der Waals surface area contributed by atoms with Crippen LogP contribution in [0.4, 0.5) is 5.69 Å². The van der Waals surface area contributed by atoms with Crippen molar-refractivity contribution >= 4 is 11.6 Å². The van der Waals surface area contributed by atoms with Gasteiger partial charge in [-0.25, -0.2) is 0 Å². The lowest BCUT2D eigenvalue weighted by atomic mass is 10.2. The highest BCUT2D eigenvalue weighted by Crippen LogP contribution is 2.30. The second-order valence-electron chi connectivity index (χ2n) is 3.85. The van der Waals surface area contributed by atoms with Crippen molar-refractivity contribution in [3.8, 4) is 5.75 Å². The van der Waals surface area contributed by atoms with Crippen molar-refractivity contribution in [2.24, 2.45) is 0 Å². The van der Waals surface area contributed by atoms with Crippen molar-refractivity contribution in [1.29, 1.82) is 0 Å². The molecule has 0 saturated heterocycles. The number of amides is 1. The van der Waals surface area contributed by atoms with E-state index in [2.05, 4.69) is 0 Å². The molecule has 4 heteroatoms. The Morgan fingerprint density at radius 2 is 2.29 bits per heavy atom. The highest BCUT2D eigenvalue weighted by molar-refractivity contribution is 5.95. The average Bonchev–Trinajstić information content (AvgIpc) is 2.58. The van der Waals surface area contributed by atoms with Crippen molar-refractivity contribution in [3.05, 3.63) is 24.3 Å². The van der Waals surface area contributed by atoms with Crippen molar-refractivity contribution in [2.45, 2.75) is 13.3 Å². The lowest BCUT2D eigenvalue weighted by Crippen LogP contribution is -2.34. The quantitative estimate of drug-likeness (QED) is 0.802. The Morgan fingerprint density at radius 1 is 1.47 bits per heavy atom. The number of rotatable bonds is 3. The summed E-state index contributed by atoms with van der Waals surface area (Å²) in [5, 5.41) is 0. The molecule has 2 rings (SSSR count). The van der Waals surface area contributed by atoms with Crippen LogP contribution in [0.25, 0.3) is 0 Å². The van der Waals surface area contributed by atoms with Gasteiger partial charge in [0.05, 0.1) is 12.3 Å². The zero-order chi connectivity index (χ0) is 12.1. The van der Waals surface area contributed by atoms with Gasteiger partial charge in [-0.1, -0.05) is 12.1 Å². The third-order valence-electron chi connectivity index (χ3n) is 2.67. The highest BCUT2D eigenvalue weighted by Gasteiger charge is 2.21. The molecule has 1 heterocycles. The summed E-state index contributed by atoms with van der Waals surface area (Å²) < 4.78 is 10.8. The standard InChI is InChI=1S/C13H17NO3/c1-2-16-10-13(15)14-8-5-9-17-12-7-4-3-6-11(12)14/h3-4,6-7H,2,5,8-10H2,1H3. The molecule has 1 amide bonds. The van der Waals surface area contributed by atoms with E-state index in [-0.39, 0.29) is 12.5 Å². The van der Waals surface area contributed by atoms with E-state index >= 15 is 0 Å². The zero-order valence-corrected chi connectivity index (χ0v) is 10.0. The van der Waals surface area contributed by atoms with Crippen LogP contribution in [-0.2, 0) is 9.53 Å². The van der Waals surface area contributed by atoms with E-state index in [9.17, 15) is 4.79 Å². The van der Waals surface area contributed by atoms with Gasteiger partial charge in [0.1, 0.15) is 12.4 Å². The summed E-state index contributed by atoms with van der Waals surface area (Å²) in [6, 6.07) is 7.62. The minimum Gasteiger partial charge on any atom is -0.491 e. The average molecular weight is 235 g/mol. The molecule has 0 saturated carbocycles. The first-order chi connectivity index (χ1) is 8.33. The third-order valence-corrected chi connectivity index (χ3v) is 2.67. The monoisotopic (exact) mass is 235 g/mol. The van der Waals surface area contributed by atoms with E-state index < -0.39 is 0 Å². The van der Waals surface area contributed by atoms with E-state index in [1.807, 2.05) is 31.2 Å². The maximum atomic E-state index is 12.0. The Bertz CT molecular complexity index is 392.